The molecule has 0 saturated heterocycles. The van der Waals surface area contributed by atoms with Gasteiger partial charge in [0.2, 0.25) is 0 Å². The van der Waals surface area contributed by atoms with Crippen LogP contribution in [0.5, 0.6) is 0 Å². The van der Waals surface area contributed by atoms with Gasteiger partial charge < -0.3 is 10.1 Å². The Balaban J connectivity index is 1.81. The maximum atomic E-state index is 13.7. The number of nitrogens with one attached hydrogen (secondary N) is 1. The van der Waals surface area contributed by atoms with Crippen LogP contribution in [0.3, 0.4) is 0 Å². The Kier molecular flexibility index (Phi) is 5.95. The lowest BCUT2D eigenvalue weighted by molar-refractivity contribution is 0.136. The van der Waals surface area contributed by atoms with E-state index >= 15 is 0 Å². The van der Waals surface area contributed by atoms with Crippen LogP contribution in [0.1, 0.15) is 18.1 Å². The fourth-order valence-electron chi connectivity index (χ4n) is 2.03. The van der Waals surface area contributed by atoms with Crippen LogP contribution >= 0.6 is 15.9 Å². The number of hydrogen-bond acceptors (Lipinski definition) is 2. The minimum atomic E-state index is -0.506. The third-order valence-corrected chi connectivity index (χ3v) is 3.61. The van der Waals surface area contributed by atoms with Crippen LogP contribution in [0.2, 0.25) is 0 Å². The number of carbonyl (C=O) groups excluding carboxylic acids is 1. The van der Waals surface area contributed by atoms with Gasteiger partial charge in [0.15, 0.2) is 0 Å². The van der Waals surface area contributed by atoms with Crippen molar-refractivity contribution in [1.29, 1.82) is 0 Å². The molecule has 3 nitrogen and oxygen atoms in total. The largest absolute Gasteiger partial charge is 0.445 e. The maximum absolute atomic E-state index is 13.7. The predicted molar refractivity (Wildman–Crippen MR) is 87.0 cm³/mol. The zero-order chi connectivity index (χ0) is 15.9. The third kappa shape index (κ3) is 5.15. The lowest BCUT2D eigenvalue weighted by Gasteiger charge is -2.14. The highest BCUT2D eigenvalue weighted by Crippen LogP contribution is 2.16. The van der Waals surface area contributed by atoms with Crippen molar-refractivity contribution in [1.82, 2.24) is 5.32 Å². The Morgan fingerprint density at radius 3 is 2.68 bits per heavy atom. The second-order valence-corrected chi connectivity index (χ2v) is 5.96. The minimum Gasteiger partial charge on any atom is -0.445 e. The molecule has 1 N–H and O–H groups in total. The van der Waals surface area contributed by atoms with Crippen molar-refractivity contribution in [2.75, 3.05) is 0 Å². The Labute approximate surface area is 137 Å². The van der Waals surface area contributed by atoms with E-state index in [0.29, 0.717) is 16.5 Å². The Morgan fingerprint density at radius 2 is 2.00 bits per heavy atom. The molecule has 5 heteroatoms. The summed E-state index contributed by atoms with van der Waals surface area (Å²) >= 11 is 3.22. The van der Waals surface area contributed by atoms with Gasteiger partial charge in [-0.05, 0) is 36.6 Å². The number of benzene rings is 2. The summed E-state index contributed by atoms with van der Waals surface area (Å²) in [5.74, 6) is -0.291. The summed E-state index contributed by atoms with van der Waals surface area (Å²) in [4.78, 5) is 11.7. The molecule has 0 heterocycles. The Hall–Kier alpha value is -1.88. The van der Waals surface area contributed by atoms with E-state index in [0.717, 1.165) is 5.56 Å². The number of halogens is 2. The van der Waals surface area contributed by atoms with Crippen LogP contribution in [0.4, 0.5) is 9.18 Å². The van der Waals surface area contributed by atoms with Crippen molar-refractivity contribution in [3.63, 3.8) is 0 Å². The smallest absolute Gasteiger partial charge is 0.407 e. The zero-order valence-electron chi connectivity index (χ0n) is 12.2. The van der Waals surface area contributed by atoms with E-state index in [1.165, 1.54) is 6.07 Å². The molecule has 0 aliphatic rings. The molecule has 0 saturated carbocycles. The highest BCUT2D eigenvalue weighted by molar-refractivity contribution is 9.10. The number of carbonyl (C=O) groups is 1. The first kappa shape index (κ1) is 16.5. The first-order chi connectivity index (χ1) is 10.5. The molecule has 1 atom stereocenters. The SMILES string of the molecule is CC(Cc1ccc(Br)cc1F)NC(=O)OCc1ccccc1. The number of hydrogen-bond donors (Lipinski definition) is 1. The van der Waals surface area contributed by atoms with Gasteiger partial charge in [-0.25, -0.2) is 9.18 Å². The van der Waals surface area contributed by atoms with Gasteiger partial charge in [-0.3, -0.25) is 0 Å². The summed E-state index contributed by atoms with van der Waals surface area (Å²) in [7, 11) is 0. The second-order valence-electron chi connectivity index (χ2n) is 5.05. The average molecular weight is 366 g/mol. The monoisotopic (exact) mass is 365 g/mol. The highest BCUT2D eigenvalue weighted by atomic mass is 79.9. The van der Waals surface area contributed by atoms with E-state index in [9.17, 15) is 9.18 Å². The fraction of sp³-hybridized carbons (Fsp3) is 0.235. The number of ether oxygens (including phenoxy) is 1. The molecule has 0 aliphatic heterocycles. The molecular weight excluding hydrogens is 349 g/mol. The van der Waals surface area contributed by atoms with Crippen molar-refractivity contribution in [3.8, 4) is 0 Å². The first-order valence-electron chi connectivity index (χ1n) is 6.95. The van der Waals surface area contributed by atoms with Crippen LogP contribution in [-0.2, 0) is 17.8 Å². The molecule has 2 aromatic carbocycles. The van der Waals surface area contributed by atoms with E-state index in [-0.39, 0.29) is 18.5 Å². The normalized spacial score (nSPS) is 11.8. The van der Waals surface area contributed by atoms with Gasteiger partial charge in [0.25, 0.3) is 0 Å². The van der Waals surface area contributed by atoms with Gasteiger partial charge in [-0.15, -0.1) is 0 Å². The van der Waals surface area contributed by atoms with Crippen molar-refractivity contribution in [3.05, 3.63) is 69.9 Å². The van der Waals surface area contributed by atoms with Crippen LogP contribution in [0, 0.1) is 5.82 Å². The van der Waals surface area contributed by atoms with E-state index < -0.39 is 6.09 Å². The van der Waals surface area contributed by atoms with Crippen molar-refractivity contribution in [2.45, 2.75) is 26.0 Å². The van der Waals surface area contributed by atoms with E-state index in [2.05, 4.69) is 21.2 Å². The van der Waals surface area contributed by atoms with Gasteiger partial charge in [-0.2, -0.15) is 0 Å². The molecule has 22 heavy (non-hydrogen) atoms. The molecule has 116 valence electrons. The van der Waals surface area contributed by atoms with Gasteiger partial charge in [0.05, 0.1) is 0 Å². The first-order valence-corrected chi connectivity index (χ1v) is 7.75. The van der Waals surface area contributed by atoms with Gasteiger partial charge >= 0.3 is 6.09 Å². The molecule has 0 aromatic heterocycles. The average Bonchev–Trinajstić information content (AvgIpc) is 2.49. The van der Waals surface area contributed by atoms with E-state index in [1.807, 2.05) is 37.3 Å². The molecule has 2 rings (SSSR count). The highest BCUT2D eigenvalue weighted by Gasteiger charge is 2.12. The molecule has 0 radical (unpaired) electrons. The van der Waals surface area contributed by atoms with Gasteiger partial charge in [0.1, 0.15) is 12.4 Å². The number of amides is 1. The molecule has 0 bridgehead atoms. The summed E-state index contributed by atoms with van der Waals surface area (Å²) in [5.41, 5.74) is 1.48. The topological polar surface area (TPSA) is 38.3 Å². The van der Waals surface area contributed by atoms with Crippen LogP contribution in [0.15, 0.2) is 53.0 Å². The van der Waals surface area contributed by atoms with Crippen molar-refractivity contribution in [2.24, 2.45) is 0 Å². The van der Waals surface area contributed by atoms with Crippen molar-refractivity contribution < 1.29 is 13.9 Å². The lowest BCUT2D eigenvalue weighted by Crippen LogP contribution is -2.34. The van der Waals surface area contributed by atoms with Gasteiger partial charge in [0, 0.05) is 10.5 Å². The third-order valence-electron chi connectivity index (χ3n) is 3.12. The summed E-state index contributed by atoms with van der Waals surface area (Å²) in [6.45, 7) is 2.03. The summed E-state index contributed by atoms with van der Waals surface area (Å²) < 4.78 is 19.6. The predicted octanol–water partition coefficient (Wildman–Crippen LogP) is 4.45. The Morgan fingerprint density at radius 1 is 1.27 bits per heavy atom. The van der Waals surface area contributed by atoms with Crippen molar-refractivity contribution >= 4 is 22.0 Å². The summed E-state index contributed by atoms with van der Waals surface area (Å²) in [6, 6.07) is 14.1. The molecule has 2 aromatic rings. The van der Waals surface area contributed by atoms with Crippen LogP contribution in [0.25, 0.3) is 0 Å². The summed E-state index contributed by atoms with van der Waals surface area (Å²) in [5, 5.41) is 2.70. The summed E-state index contributed by atoms with van der Waals surface area (Å²) in [6.07, 6.45) is -0.103. The van der Waals surface area contributed by atoms with Crippen LogP contribution in [-0.4, -0.2) is 12.1 Å². The Bertz CT molecular complexity index is 634. The fourth-order valence-corrected chi connectivity index (χ4v) is 2.37. The van der Waals surface area contributed by atoms with Crippen LogP contribution < -0.4 is 5.32 Å². The molecular formula is C17H17BrFNO2. The standard InChI is InChI=1S/C17H17BrFNO2/c1-12(9-14-7-8-15(18)10-16(14)19)20-17(21)22-11-13-5-3-2-4-6-13/h2-8,10,12H,9,11H2,1H3,(H,20,21). The molecule has 0 spiro atoms. The van der Waals surface area contributed by atoms with Gasteiger partial charge in [-0.1, -0.05) is 52.3 Å². The van der Waals surface area contributed by atoms with E-state index in [4.69, 9.17) is 4.74 Å². The molecule has 1 amide bonds. The molecule has 1 unspecified atom stereocenters. The molecule has 0 fully saturated rings. The quantitative estimate of drug-likeness (QED) is 0.849. The number of rotatable bonds is 5. The molecule has 0 aliphatic carbocycles. The van der Waals surface area contributed by atoms with E-state index in [1.54, 1.807) is 12.1 Å². The number of alkyl carbamates (subject to hydrolysis) is 1. The second kappa shape index (κ2) is 7.94. The maximum Gasteiger partial charge on any atom is 0.407 e. The minimum absolute atomic E-state index is 0.214. The zero-order valence-corrected chi connectivity index (χ0v) is 13.8. The lowest BCUT2D eigenvalue weighted by atomic mass is 10.1.